The summed E-state index contributed by atoms with van der Waals surface area (Å²) in [6.07, 6.45) is 0. The molecule has 0 saturated carbocycles. The first-order chi connectivity index (χ1) is 10.6. The van der Waals surface area contributed by atoms with E-state index in [2.05, 4.69) is 69.2 Å². The molecule has 142 valence electrons. The van der Waals surface area contributed by atoms with Crippen LogP contribution < -0.4 is 0 Å². The molecule has 0 bridgehead atoms. The molecular formula is C21H43BO2. The molecule has 1 N–H and O–H groups in total. The largest absolute Gasteiger partial charge is 0.396 e. The number of aliphatic hydroxyl groups is 1. The normalized spacial score (nSPS) is 21.2. The van der Waals surface area contributed by atoms with Gasteiger partial charge in [-0.2, -0.15) is 0 Å². The molecule has 0 heterocycles. The van der Waals surface area contributed by atoms with Gasteiger partial charge in [-0.1, -0.05) is 69.2 Å². The van der Waals surface area contributed by atoms with Crippen molar-refractivity contribution in [1.82, 2.24) is 0 Å². The Bertz CT molecular complexity index is 374. The number of hydrogen-bond donors (Lipinski definition) is 1. The number of hydrogen-bond acceptors (Lipinski definition) is 2. The molecule has 0 aliphatic rings. The summed E-state index contributed by atoms with van der Waals surface area (Å²) in [6.45, 7) is 25.0. The summed E-state index contributed by atoms with van der Waals surface area (Å²) in [5, 5.41) is 9.64. The van der Waals surface area contributed by atoms with Gasteiger partial charge in [0.15, 0.2) is 0 Å². The Morgan fingerprint density at radius 1 is 0.792 bits per heavy atom. The van der Waals surface area contributed by atoms with E-state index in [1.165, 1.54) is 0 Å². The maximum Gasteiger partial charge on any atom is 0.113 e. The lowest BCUT2D eigenvalue weighted by Crippen LogP contribution is -2.47. The van der Waals surface area contributed by atoms with Gasteiger partial charge in [0.2, 0.25) is 0 Å². The average molecular weight is 338 g/mol. The van der Waals surface area contributed by atoms with E-state index >= 15 is 0 Å². The predicted molar refractivity (Wildman–Crippen MR) is 106 cm³/mol. The SMILES string of the molecule is [B]C(C)(OCC(C)(C)C(C)C(C)C(C)C)C(C)C(C)C(C)(C)CO. The minimum absolute atomic E-state index is 0.0692. The summed E-state index contributed by atoms with van der Waals surface area (Å²) < 4.78 is 6.26. The second-order valence-corrected chi connectivity index (χ2v) is 10.1. The van der Waals surface area contributed by atoms with Crippen molar-refractivity contribution in [3.05, 3.63) is 0 Å². The molecule has 0 aromatic carbocycles. The van der Waals surface area contributed by atoms with Gasteiger partial charge < -0.3 is 9.84 Å². The van der Waals surface area contributed by atoms with Crippen LogP contribution >= 0.6 is 0 Å². The van der Waals surface area contributed by atoms with Crippen LogP contribution in [0.15, 0.2) is 0 Å². The van der Waals surface area contributed by atoms with Crippen molar-refractivity contribution in [2.24, 2.45) is 40.4 Å². The molecule has 0 aliphatic heterocycles. The first kappa shape index (κ1) is 24.0. The molecule has 0 rings (SSSR count). The molecule has 0 aliphatic carbocycles. The third-order valence-electron chi connectivity index (χ3n) is 7.12. The molecule has 0 aromatic heterocycles. The average Bonchev–Trinajstić information content (AvgIpc) is 2.49. The predicted octanol–water partition coefficient (Wildman–Crippen LogP) is 5.13. The highest BCUT2D eigenvalue weighted by atomic mass is 16.5. The van der Waals surface area contributed by atoms with Crippen LogP contribution in [-0.4, -0.2) is 31.7 Å². The Labute approximate surface area is 153 Å². The van der Waals surface area contributed by atoms with E-state index in [0.717, 1.165) is 0 Å². The van der Waals surface area contributed by atoms with Crippen molar-refractivity contribution in [1.29, 1.82) is 0 Å². The Kier molecular flexibility index (Phi) is 8.57. The smallest absolute Gasteiger partial charge is 0.113 e. The van der Waals surface area contributed by atoms with Crippen molar-refractivity contribution in [2.45, 2.75) is 81.7 Å². The van der Waals surface area contributed by atoms with Crippen molar-refractivity contribution in [3.8, 4) is 0 Å². The van der Waals surface area contributed by atoms with E-state index in [1.54, 1.807) is 0 Å². The van der Waals surface area contributed by atoms with E-state index in [0.29, 0.717) is 24.4 Å². The molecule has 2 nitrogen and oxygen atoms in total. The van der Waals surface area contributed by atoms with Gasteiger partial charge in [0.25, 0.3) is 0 Å². The van der Waals surface area contributed by atoms with Gasteiger partial charge in [0, 0.05) is 12.1 Å². The van der Waals surface area contributed by atoms with Crippen LogP contribution in [0.2, 0.25) is 0 Å². The van der Waals surface area contributed by atoms with Crippen LogP contribution in [0.5, 0.6) is 0 Å². The lowest BCUT2D eigenvalue weighted by atomic mass is 9.62. The van der Waals surface area contributed by atoms with Crippen LogP contribution in [0.1, 0.15) is 76.2 Å². The van der Waals surface area contributed by atoms with Crippen LogP contribution in [0.25, 0.3) is 0 Å². The maximum atomic E-state index is 9.64. The number of rotatable bonds is 10. The summed E-state index contributed by atoms with van der Waals surface area (Å²) in [4.78, 5) is 0. The molecule has 3 heteroatoms. The summed E-state index contributed by atoms with van der Waals surface area (Å²) in [5.41, 5.74) is -0.804. The van der Waals surface area contributed by atoms with E-state index in [4.69, 9.17) is 12.6 Å². The van der Waals surface area contributed by atoms with Gasteiger partial charge in [0.1, 0.15) is 7.85 Å². The van der Waals surface area contributed by atoms with Gasteiger partial charge in [0.05, 0.1) is 6.61 Å². The molecule has 0 aromatic rings. The highest BCUT2D eigenvalue weighted by molar-refractivity contribution is 6.14. The number of ether oxygens (including phenoxy) is 1. The molecule has 5 unspecified atom stereocenters. The fourth-order valence-electron chi connectivity index (χ4n) is 3.21. The van der Waals surface area contributed by atoms with Crippen molar-refractivity contribution < 1.29 is 9.84 Å². The molecule has 0 saturated heterocycles. The van der Waals surface area contributed by atoms with Crippen LogP contribution in [0, 0.1) is 40.4 Å². The van der Waals surface area contributed by atoms with Crippen LogP contribution in [-0.2, 0) is 4.74 Å². The second kappa shape index (κ2) is 8.58. The second-order valence-electron chi connectivity index (χ2n) is 10.1. The Hall–Kier alpha value is -0.0151. The van der Waals surface area contributed by atoms with E-state index in [1.807, 2.05) is 6.92 Å². The van der Waals surface area contributed by atoms with Crippen LogP contribution in [0.3, 0.4) is 0 Å². The lowest BCUT2D eigenvalue weighted by Gasteiger charge is -2.45. The third kappa shape index (κ3) is 6.06. The molecule has 0 spiro atoms. The molecule has 24 heavy (non-hydrogen) atoms. The monoisotopic (exact) mass is 338 g/mol. The standard InChI is InChI=1S/C21H43BO2/c1-14(2)15(3)16(4)20(9,10)13-24-21(11,22)18(6)17(5)19(7,8)12-23/h14-18,23H,12-13H2,1-11H3. The first-order valence-corrected chi connectivity index (χ1v) is 9.63. The van der Waals surface area contributed by atoms with E-state index < -0.39 is 5.50 Å². The molecule has 0 fully saturated rings. The van der Waals surface area contributed by atoms with E-state index in [9.17, 15) is 5.11 Å². The minimum atomic E-state index is -0.704. The molecule has 5 atom stereocenters. The third-order valence-corrected chi connectivity index (χ3v) is 7.12. The first-order valence-electron chi connectivity index (χ1n) is 9.63. The van der Waals surface area contributed by atoms with Crippen molar-refractivity contribution in [2.75, 3.05) is 13.2 Å². The fraction of sp³-hybridized carbons (Fsp3) is 1.00. The quantitative estimate of drug-likeness (QED) is 0.559. The highest BCUT2D eigenvalue weighted by Gasteiger charge is 2.40. The van der Waals surface area contributed by atoms with Gasteiger partial charge in [-0.3, -0.25) is 0 Å². The lowest BCUT2D eigenvalue weighted by molar-refractivity contribution is -0.0885. The van der Waals surface area contributed by atoms with Crippen LogP contribution in [0.4, 0.5) is 0 Å². The van der Waals surface area contributed by atoms with Crippen molar-refractivity contribution >= 4 is 7.85 Å². The summed E-state index contributed by atoms with van der Waals surface area (Å²) in [7, 11) is 6.55. The fourth-order valence-corrected chi connectivity index (χ4v) is 3.21. The van der Waals surface area contributed by atoms with Gasteiger partial charge >= 0.3 is 0 Å². The highest BCUT2D eigenvalue weighted by Crippen LogP contribution is 2.40. The topological polar surface area (TPSA) is 29.5 Å². The molecule has 2 radical (unpaired) electrons. The summed E-state index contributed by atoms with van der Waals surface area (Å²) in [6, 6.07) is 0. The Morgan fingerprint density at radius 3 is 1.62 bits per heavy atom. The molecule has 0 amide bonds. The van der Waals surface area contributed by atoms with Crippen molar-refractivity contribution in [3.63, 3.8) is 0 Å². The maximum absolute atomic E-state index is 9.64. The van der Waals surface area contributed by atoms with E-state index in [-0.39, 0.29) is 29.3 Å². The zero-order valence-electron chi connectivity index (χ0n) is 18.2. The summed E-state index contributed by atoms with van der Waals surface area (Å²) in [5.74, 6) is 2.25. The van der Waals surface area contributed by atoms with Gasteiger partial charge in [-0.15, -0.1) is 0 Å². The summed E-state index contributed by atoms with van der Waals surface area (Å²) >= 11 is 0. The molecular weight excluding hydrogens is 295 g/mol. The minimum Gasteiger partial charge on any atom is -0.396 e. The Balaban J connectivity index is 4.99. The zero-order valence-corrected chi connectivity index (χ0v) is 18.2. The van der Waals surface area contributed by atoms with Gasteiger partial charge in [-0.25, -0.2) is 0 Å². The number of aliphatic hydroxyl groups excluding tert-OH is 1. The zero-order chi connectivity index (χ0) is 19.5. The van der Waals surface area contributed by atoms with Gasteiger partial charge in [-0.05, 0) is 47.3 Å². The Morgan fingerprint density at radius 2 is 1.25 bits per heavy atom.